The van der Waals surface area contributed by atoms with Gasteiger partial charge < -0.3 is 10.1 Å². The number of aromatic nitrogens is 3. The molecule has 1 N–H and O–H groups in total. The third kappa shape index (κ3) is 5.07. The highest BCUT2D eigenvalue weighted by atomic mass is 16.5. The van der Waals surface area contributed by atoms with E-state index in [0.717, 1.165) is 44.0 Å². The molecule has 2 aromatic heterocycles. The molecule has 3 aromatic rings. The zero-order valence-corrected chi connectivity index (χ0v) is 16.3. The van der Waals surface area contributed by atoms with Crippen molar-refractivity contribution >= 4 is 5.91 Å². The molecule has 0 bridgehead atoms. The van der Waals surface area contributed by atoms with Gasteiger partial charge in [-0.25, -0.2) is 0 Å². The predicted octanol–water partition coefficient (Wildman–Crippen LogP) is 2.06. The van der Waals surface area contributed by atoms with E-state index in [4.69, 9.17) is 4.74 Å². The first kappa shape index (κ1) is 19.3. The molecular formula is C22H25N5O2. The number of rotatable bonds is 7. The lowest BCUT2D eigenvalue weighted by Crippen LogP contribution is -2.41. The molecule has 1 aromatic carbocycles. The van der Waals surface area contributed by atoms with Crippen LogP contribution in [-0.4, -0.2) is 65.0 Å². The lowest BCUT2D eigenvalue weighted by molar-refractivity contribution is 0.0383. The molecule has 1 amide bonds. The van der Waals surface area contributed by atoms with E-state index in [-0.39, 0.29) is 5.91 Å². The number of morpholine rings is 1. The Balaban J connectivity index is 1.49. The van der Waals surface area contributed by atoms with Crippen molar-refractivity contribution in [3.05, 3.63) is 72.2 Å². The Bertz CT molecular complexity index is 921. The number of benzene rings is 1. The van der Waals surface area contributed by atoms with Crippen LogP contribution < -0.4 is 5.32 Å². The average Bonchev–Trinajstić information content (AvgIpc) is 3.20. The van der Waals surface area contributed by atoms with E-state index >= 15 is 0 Å². The highest BCUT2D eigenvalue weighted by molar-refractivity contribution is 5.99. The van der Waals surface area contributed by atoms with Crippen LogP contribution in [-0.2, 0) is 11.3 Å². The predicted molar refractivity (Wildman–Crippen MR) is 111 cm³/mol. The van der Waals surface area contributed by atoms with Crippen molar-refractivity contribution in [1.82, 2.24) is 25.0 Å². The molecule has 1 fully saturated rings. The summed E-state index contributed by atoms with van der Waals surface area (Å²) in [6.07, 6.45) is 5.27. The maximum Gasteiger partial charge on any atom is 0.255 e. The molecule has 0 spiro atoms. The molecule has 0 radical (unpaired) electrons. The van der Waals surface area contributed by atoms with Gasteiger partial charge in [0, 0.05) is 50.3 Å². The molecule has 0 saturated carbocycles. The van der Waals surface area contributed by atoms with Crippen LogP contribution in [0.4, 0.5) is 0 Å². The van der Waals surface area contributed by atoms with E-state index < -0.39 is 0 Å². The molecule has 3 heterocycles. The largest absolute Gasteiger partial charge is 0.379 e. The van der Waals surface area contributed by atoms with E-state index in [1.165, 1.54) is 0 Å². The third-order valence-electron chi connectivity index (χ3n) is 4.95. The van der Waals surface area contributed by atoms with Crippen molar-refractivity contribution in [3.8, 4) is 11.3 Å². The van der Waals surface area contributed by atoms with Gasteiger partial charge in [-0.1, -0.05) is 30.3 Å². The fourth-order valence-electron chi connectivity index (χ4n) is 3.40. The molecule has 150 valence electrons. The summed E-state index contributed by atoms with van der Waals surface area (Å²) in [6.45, 7) is 5.34. The van der Waals surface area contributed by atoms with Gasteiger partial charge in [-0.3, -0.25) is 19.4 Å². The summed E-state index contributed by atoms with van der Waals surface area (Å²) < 4.78 is 7.18. The van der Waals surface area contributed by atoms with Gasteiger partial charge in [0.15, 0.2) is 0 Å². The fraction of sp³-hybridized carbons (Fsp3) is 0.318. The first-order valence-electron chi connectivity index (χ1n) is 9.90. The first-order chi connectivity index (χ1) is 14.3. The van der Waals surface area contributed by atoms with Gasteiger partial charge in [-0.15, -0.1) is 0 Å². The minimum Gasteiger partial charge on any atom is -0.379 e. The molecule has 1 aliphatic rings. The van der Waals surface area contributed by atoms with Gasteiger partial charge in [0.1, 0.15) is 5.69 Å². The quantitative estimate of drug-likeness (QED) is 0.667. The van der Waals surface area contributed by atoms with Crippen molar-refractivity contribution < 1.29 is 9.53 Å². The lowest BCUT2D eigenvalue weighted by Gasteiger charge is -2.26. The molecule has 0 atom stereocenters. The number of ether oxygens (including phenoxy) is 1. The molecular weight excluding hydrogens is 366 g/mol. The number of nitrogens with zero attached hydrogens (tertiary/aromatic N) is 4. The third-order valence-corrected chi connectivity index (χ3v) is 4.95. The second kappa shape index (κ2) is 9.45. The summed E-state index contributed by atoms with van der Waals surface area (Å²) in [6, 6.07) is 13.9. The van der Waals surface area contributed by atoms with Gasteiger partial charge in [0.2, 0.25) is 0 Å². The van der Waals surface area contributed by atoms with Crippen molar-refractivity contribution in [2.24, 2.45) is 0 Å². The summed E-state index contributed by atoms with van der Waals surface area (Å²) >= 11 is 0. The smallest absolute Gasteiger partial charge is 0.255 e. The number of nitrogens with one attached hydrogen (secondary N) is 1. The Morgan fingerprint density at radius 1 is 1.10 bits per heavy atom. The van der Waals surface area contributed by atoms with E-state index in [0.29, 0.717) is 24.3 Å². The number of carbonyl (C=O) groups is 1. The van der Waals surface area contributed by atoms with E-state index in [9.17, 15) is 4.79 Å². The van der Waals surface area contributed by atoms with E-state index in [1.54, 1.807) is 12.4 Å². The minimum absolute atomic E-state index is 0.114. The normalized spacial score (nSPS) is 14.6. The summed E-state index contributed by atoms with van der Waals surface area (Å²) in [4.78, 5) is 19.4. The van der Waals surface area contributed by atoms with Crippen molar-refractivity contribution in [3.63, 3.8) is 0 Å². The van der Waals surface area contributed by atoms with Crippen LogP contribution >= 0.6 is 0 Å². The zero-order chi connectivity index (χ0) is 19.9. The minimum atomic E-state index is -0.114. The molecule has 4 rings (SSSR count). The molecule has 0 aliphatic carbocycles. The van der Waals surface area contributed by atoms with Crippen LogP contribution in [0.25, 0.3) is 11.3 Å². The first-order valence-corrected chi connectivity index (χ1v) is 9.90. The Labute approximate surface area is 170 Å². The Kier molecular flexibility index (Phi) is 6.29. The standard InChI is InChI=1S/C22H25N5O2/c28-22(24-9-10-26-11-13-29-14-12-26)20-17-27(16-18-5-2-1-3-6-18)25-21(20)19-7-4-8-23-15-19/h1-8,15,17H,9-14,16H2,(H,24,28). The summed E-state index contributed by atoms with van der Waals surface area (Å²) in [5, 5.41) is 7.72. The Morgan fingerprint density at radius 3 is 2.69 bits per heavy atom. The highest BCUT2D eigenvalue weighted by Gasteiger charge is 2.19. The maximum absolute atomic E-state index is 12.9. The van der Waals surface area contributed by atoms with Crippen molar-refractivity contribution in [2.45, 2.75) is 6.54 Å². The average molecular weight is 391 g/mol. The summed E-state index contributed by atoms with van der Waals surface area (Å²) in [5.41, 5.74) is 3.18. The van der Waals surface area contributed by atoms with Gasteiger partial charge in [-0.2, -0.15) is 5.10 Å². The number of pyridine rings is 1. The van der Waals surface area contributed by atoms with Crippen LogP contribution in [0.5, 0.6) is 0 Å². The Hall–Kier alpha value is -3.03. The second-order valence-electron chi connectivity index (χ2n) is 7.03. The monoisotopic (exact) mass is 391 g/mol. The van der Waals surface area contributed by atoms with Gasteiger partial charge in [-0.05, 0) is 17.7 Å². The van der Waals surface area contributed by atoms with Crippen LogP contribution in [0.15, 0.2) is 61.1 Å². The summed E-state index contributed by atoms with van der Waals surface area (Å²) in [7, 11) is 0. The number of carbonyl (C=O) groups excluding carboxylic acids is 1. The molecule has 7 heteroatoms. The summed E-state index contributed by atoms with van der Waals surface area (Å²) in [5.74, 6) is -0.114. The van der Waals surface area contributed by atoms with Crippen molar-refractivity contribution in [1.29, 1.82) is 0 Å². The fourth-order valence-corrected chi connectivity index (χ4v) is 3.40. The van der Waals surface area contributed by atoms with E-state index in [2.05, 4.69) is 20.3 Å². The van der Waals surface area contributed by atoms with Crippen LogP contribution in [0.2, 0.25) is 0 Å². The maximum atomic E-state index is 12.9. The zero-order valence-electron chi connectivity index (χ0n) is 16.3. The van der Waals surface area contributed by atoms with Gasteiger partial charge in [0.25, 0.3) is 5.91 Å². The van der Waals surface area contributed by atoms with Gasteiger partial charge in [0.05, 0.1) is 25.3 Å². The van der Waals surface area contributed by atoms with Crippen LogP contribution in [0, 0.1) is 0 Å². The SMILES string of the molecule is O=C(NCCN1CCOCC1)c1cn(Cc2ccccc2)nc1-c1cccnc1. The topological polar surface area (TPSA) is 72.3 Å². The number of hydrogen-bond acceptors (Lipinski definition) is 5. The van der Waals surface area contributed by atoms with E-state index in [1.807, 2.05) is 53.3 Å². The number of hydrogen-bond donors (Lipinski definition) is 1. The van der Waals surface area contributed by atoms with Crippen molar-refractivity contribution in [2.75, 3.05) is 39.4 Å². The lowest BCUT2D eigenvalue weighted by atomic mass is 10.1. The van der Waals surface area contributed by atoms with Crippen LogP contribution in [0.3, 0.4) is 0 Å². The molecule has 7 nitrogen and oxygen atoms in total. The second-order valence-corrected chi connectivity index (χ2v) is 7.03. The Morgan fingerprint density at radius 2 is 1.93 bits per heavy atom. The molecule has 29 heavy (non-hydrogen) atoms. The number of amides is 1. The highest BCUT2D eigenvalue weighted by Crippen LogP contribution is 2.21. The van der Waals surface area contributed by atoms with Crippen LogP contribution in [0.1, 0.15) is 15.9 Å². The molecule has 1 saturated heterocycles. The molecule has 1 aliphatic heterocycles. The van der Waals surface area contributed by atoms with Gasteiger partial charge >= 0.3 is 0 Å². The molecule has 0 unspecified atom stereocenters.